The van der Waals surface area contributed by atoms with Gasteiger partial charge >= 0.3 is 0 Å². The van der Waals surface area contributed by atoms with Gasteiger partial charge in [0.1, 0.15) is 12.0 Å². The summed E-state index contributed by atoms with van der Waals surface area (Å²) in [5.74, 6) is -2.05. The fraction of sp³-hybridized carbons (Fsp3) is 0.742. The molecule has 11 nitrogen and oxygen atoms in total. The number of nitrogens with zero attached hydrogens (tertiary/aromatic N) is 3. The summed E-state index contributed by atoms with van der Waals surface area (Å²) < 4.78 is 35.5. The number of nitrogens with one attached hydrogen (secondary N) is 3. The van der Waals surface area contributed by atoms with Gasteiger partial charge in [-0.1, -0.05) is 18.9 Å². The fourth-order valence-electron chi connectivity index (χ4n) is 7.78. The number of nitrogens with two attached hydrogens (primary N) is 2. The second kappa shape index (κ2) is 14.0. The average Bonchev–Trinajstić information content (AvgIpc) is 3.53. The molecule has 5 atom stereocenters. The number of piperazine rings is 1. The number of carbonyl (C=O) groups is 2. The first-order valence-corrected chi connectivity index (χ1v) is 16.4. The molecule has 1 saturated carbocycles. The third kappa shape index (κ3) is 6.79. The van der Waals surface area contributed by atoms with E-state index in [-0.39, 0.29) is 36.9 Å². The standard InChI is InChI=1S/C31H48F2N8O3/c32-20-14-37-29(41(16-20)21-3-1-2-4-21)27(28(34)35)30(42)38-26-15-36-8-7-24(26)23-6-5-19(13-25(23)33)31(43)40-11-9-39(10-12-40)22-17-44-18-22/h5-6,13,20-22,24,26-29,36-37H,1-4,7-12,14-18,34-35H2,(H,38,42). The van der Waals surface area contributed by atoms with Gasteiger partial charge in [-0.05, 0) is 43.5 Å². The SMILES string of the molecule is NC(N)C(C(=O)NC1CNCCC1c1ccc(C(=O)N2CCN(C3COC3)CC2)cc1F)C1NCC(F)CN1C1CCCC1. The lowest BCUT2D eigenvalue weighted by Gasteiger charge is -2.46. The molecular formula is C31H48F2N8O3. The summed E-state index contributed by atoms with van der Waals surface area (Å²) in [4.78, 5) is 33.3. The molecular weight excluding hydrogens is 570 g/mol. The van der Waals surface area contributed by atoms with E-state index in [2.05, 4.69) is 20.9 Å². The molecule has 4 heterocycles. The van der Waals surface area contributed by atoms with Gasteiger partial charge in [-0.3, -0.25) is 24.7 Å². The quantitative estimate of drug-likeness (QED) is 0.253. The van der Waals surface area contributed by atoms with Gasteiger partial charge in [0.25, 0.3) is 5.91 Å². The number of hydrogen-bond donors (Lipinski definition) is 5. The van der Waals surface area contributed by atoms with E-state index < -0.39 is 36.3 Å². The van der Waals surface area contributed by atoms with Crippen LogP contribution in [0.3, 0.4) is 0 Å². The van der Waals surface area contributed by atoms with Crippen molar-refractivity contribution in [2.75, 3.05) is 65.6 Å². The highest BCUT2D eigenvalue weighted by molar-refractivity contribution is 5.94. The van der Waals surface area contributed by atoms with E-state index in [4.69, 9.17) is 16.2 Å². The molecule has 1 aromatic rings. The molecule has 13 heteroatoms. The van der Waals surface area contributed by atoms with Crippen molar-refractivity contribution in [3.05, 3.63) is 35.1 Å². The van der Waals surface area contributed by atoms with E-state index in [1.54, 1.807) is 17.0 Å². The predicted octanol–water partition coefficient (Wildman–Crippen LogP) is -0.0843. The summed E-state index contributed by atoms with van der Waals surface area (Å²) in [7, 11) is 0. The minimum Gasteiger partial charge on any atom is -0.378 e. The molecule has 1 aromatic carbocycles. The van der Waals surface area contributed by atoms with E-state index in [9.17, 15) is 14.0 Å². The lowest BCUT2D eigenvalue weighted by Crippen LogP contribution is -2.68. The van der Waals surface area contributed by atoms with Crippen molar-refractivity contribution in [3.8, 4) is 0 Å². The lowest BCUT2D eigenvalue weighted by molar-refractivity contribution is -0.131. The summed E-state index contributed by atoms with van der Waals surface area (Å²) in [6.07, 6.45) is 2.21. The van der Waals surface area contributed by atoms with Crippen molar-refractivity contribution in [1.29, 1.82) is 0 Å². The fourth-order valence-corrected chi connectivity index (χ4v) is 7.78. The smallest absolute Gasteiger partial charge is 0.254 e. The molecule has 44 heavy (non-hydrogen) atoms. The summed E-state index contributed by atoms with van der Waals surface area (Å²) in [6, 6.07) is 4.94. The van der Waals surface area contributed by atoms with Crippen LogP contribution in [-0.2, 0) is 9.53 Å². The normalized spacial score (nSPS) is 30.3. The Labute approximate surface area is 258 Å². The van der Waals surface area contributed by atoms with Crippen LogP contribution in [0.2, 0.25) is 0 Å². The number of alkyl halides is 1. The molecule has 2 amide bonds. The maximum Gasteiger partial charge on any atom is 0.254 e. The molecule has 5 fully saturated rings. The van der Waals surface area contributed by atoms with E-state index in [0.717, 1.165) is 52.0 Å². The summed E-state index contributed by atoms with van der Waals surface area (Å²) in [5, 5.41) is 9.66. The van der Waals surface area contributed by atoms with Gasteiger partial charge in [-0.2, -0.15) is 0 Å². The highest BCUT2D eigenvalue weighted by Crippen LogP contribution is 2.31. The van der Waals surface area contributed by atoms with E-state index in [1.807, 2.05) is 4.90 Å². The van der Waals surface area contributed by atoms with Gasteiger partial charge in [0.15, 0.2) is 0 Å². The van der Waals surface area contributed by atoms with Crippen LogP contribution in [-0.4, -0.2) is 129 Å². The molecule has 4 saturated heterocycles. The minimum absolute atomic E-state index is 0.138. The number of benzene rings is 1. The van der Waals surface area contributed by atoms with Crippen LogP contribution in [0.5, 0.6) is 0 Å². The molecule has 0 aromatic heterocycles. The monoisotopic (exact) mass is 618 g/mol. The van der Waals surface area contributed by atoms with E-state index >= 15 is 4.39 Å². The molecule has 5 unspecified atom stereocenters. The van der Waals surface area contributed by atoms with Crippen molar-refractivity contribution >= 4 is 11.8 Å². The Bertz CT molecular complexity index is 1160. The van der Waals surface area contributed by atoms with Gasteiger partial charge in [0.05, 0.1) is 37.5 Å². The number of rotatable bonds is 8. The Hall–Kier alpha value is -2.26. The van der Waals surface area contributed by atoms with Gasteiger partial charge in [0.2, 0.25) is 5.91 Å². The Balaban J connectivity index is 1.13. The van der Waals surface area contributed by atoms with Crippen LogP contribution < -0.4 is 27.4 Å². The summed E-state index contributed by atoms with van der Waals surface area (Å²) in [5.41, 5.74) is 13.2. The average molecular weight is 619 g/mol. The van der Waals surface area contributed by atoms with Crippen molar-refractivity contribution < 1.29 is 23.1 Å². The number of hydrogen-bond acceptors (Lipinski definition) is 9. The highest BCUT2D eigenvalue weighted by atomic mass is 19.1. The molecule has 5 aliphatic rings. The Morgan fingerprint density at radius 3 is 2.43 bits per heavy atom. The summed E-state index contributed by atoms with van der Waals surface area (Å²) >= 11 is 0. The van der Waals surface area contributed by atoms with Crippen LogP contribution in [0.4, 0.5) is 8.78 Å². The highest BCUT2D eigenvalue weighted by Gasteiger charge is 2.44. The molecule has 6 rings (SSSR count). The number of carbonyl (C=O) groups excluding carboxylic acids is 2. The summed E-state index contributed by atoms with van der Waals surface area (Å²) in [6.45, 7) is 5.77. The largest absolute Gasteiger partial charge is 0.378 e. The Morgan fingerprint density at radius 2 is 1.77 bits per heavy atom. The zero-order valence-corrected chi connectivity index (χ0v) is 25.4. The zero-order chi connectivity index (χ0) is 30.8. The zero-order valence-electron chi connectivity index (χ0n) is 25.4. The second-order valence-corrected chi connectivity index (χ2v) is 13.2. The second-order valence-electron chi connectivity index (χ2n) is 13.2. The number of amides is 2. The molecule has 0 bridgehead atoms. The van der Waals surface area contributed by atoms with E-state index in [1.165, 1.54) is 6.07 Å². The molecule has 0 spiro atoms. The molecule has 0 radical (unpaired) electrons. The number of halogens is 2. The third-order valence-electron chi connectivity index (χ3n) is 10.4. The van der Waals surface area contributed by atoms with Crippen molar-refractivity contribution in [1.82, 2.24) is 30.7 Å². The third-order valence-corrected chi connectivity index (χ3v) is 10.4. The van der Waals surface area contributed by atoms with Crippen LogP contribution in [0.25, 0.3) is 0 Å². The van der Waals surface area contributed by atoms with Crippen LogP contribution in [0.1, 0.15) is 53.9 Å². The van der Waals surface area contributed by atoms with Crippen LogP contribution in [0, 0.1) is 11.7 Å². The Morgan fingerprint density at radius 1 is 1.02 bits per heavy atom. The predicted molar refractivity (Wildman–Crippen MR) is 162 cm³/mol. The number of piperidine rings is 1. The van der Waals surface area contributed by atoms with Crippen molar-refractivity contribution in [3.63, 3.8) is 0 Å². The maximum absolute atomic E-state index is 15.7. The molecule has 1 aliphatic carbocycles. The first-order chi connectivity index (χ1) is 21.3. The van der Waals surface area contributed by atoms with Gasteiger partial charge in [0, 0.05) is 69.4 Å². The van der Waals surface area contributed by atoms with Gasteiger partial charge < -0.3 is 31.7 Å². The van der Waals surface area contributed by atoms with Gasteiger partial charge in [-0.25, -0.2) is 8.78 Å². The van der Waals surface area contributed by atoms with Gasteiger partial charge in [-0.15, -0.1) is 0 Å². The van der Waals surface area contributed by atoms with Crippen molar-refractivity contribution in [2.24, 2.45) is 17.4 Å². The topological polar surface area (TPSA) is 141 Å². The van der Waals surface area contributed by atoms with Crippen molar-refractivity contribution in [2.45, 2.75) is 74.7 Å². The first-order valence-electron chi connectivity index (χ1n) is 16.4. The molecule has 244 valence electrons. The Kier molecular flexibility index (Phi) is 10.1. The maximum atomic E-state index is 15.7. The molecule has 7 N–H and O–H groups in total. The first kappa shape index (κ1) is 31.7. The molecule has 4 aliphatic heterocycles. The number of ether oxygens (including phenoxy) is 1. The lowest BCUT2D eigenvalue weighted by atomic mass is 9.84. The van der Waals surface area contributed by atoms with Crippen LogP contribution in [0.15, 0.2) is 18.2 Å². The van der Waals surface area contributed by atoms with Crippen LogP contribution >= 0.6 is 0 Å². The van der Waals surface area contributed by atoms with E-state index in [0.29, 0.717) is 49.8 Å². The minimum atomic E-state index is -1.03.